The minimum atomic E-state index is -0.199. The van der Waals surface area contributed by atoms with Crippen LogP contribution in [0.2, 0.25) is 0 Å². The number of hydrogen-bond acceptors (Lipinski definition) is 0. The zero-order valence-corrected chi connectivity index (χ0v) is 59.2. The maximum Gasteiger partial charge on any atom is 0.0725 e. The van der Waals surface area contributed by atoms with Crippen LogP contribution in [0.4, 0.5) is 0 Å². The molecule has 15 rings (SSSR count). The molecule has 0 N–H and O–H groups in total. The molecule has 3 aliphatic carbocycles. The van der Waals surface area contributed by atoms with Crippen molar-refractivity contribution in [1.29, 1.82) is 0 Å². The minimum absolute atomic E-state index is 0.142. The summed E-state index contributed by atoms with van der Waals surface area (Å²) in [7, 11) is 0. The Hall–Kier alpha value is -9.36. The number of rotatable bonds is 3. The summed E-state index contributed by atoms with van der Waals surface area (Å²) in [6, 6.07) is 93.3. The van der Waals surface area contributed by atoms with Gasteiger partial charge in [-0.25, -0.2) is 0 Å². The van der Waals surface area contributed by atoms with Crippen LogP contribution in [0, 0.1) is 69.2 Å². The van der Waals surface area contributed by atoms with E-state index in [2.05, 4.69) is 379 Å². The Morgan fingerprint density at radius 3 is 0.819 bits per heavy atom. The lowest BCUT2D eigenvalue weighted by Crippen LogP contribution is -2.26. The molecule has 0 aliphatic heterocycles. The lowest BCUT2D eigenvalue weighted by molar-refractivity contribution is 0.569. The molecule has 3 aliphatic rings. The number of aryl methyl sites for hydroxylation is 10. The van der Waals surface area contributed by atoms with Crippen LogP contribution in [-0.4, -0.2) is 0 Å². The molecule has 0 atom stereocenters. The van der Waals surface area contributed by atoms with Crippen molar-refractivity contribution in [3.8, 4) is 66.8 Å². The van der Waals surface area contributed by atoms with Gasteiger partial charge in [0.15, 0.2) is 0 Å². The Morgan fingerprint density at radius 1 is 0.213 bits per heavy atom. The molecule has 94 heavy (non-hydrogen) atoms. The molecular weight excluding hydrogens is 1130 g/mol. The van der Waals surface area contributed by atoms with Gasteiger partial charge in [-0.05, 0) is 214 Å². The van der Waals surface area contributed by atoms with Crippen molar-refractivity contribution in [2.45, 2.75) is 146 Å². The molecule has 1 spiro atoms. The van der Waals surface area contributed by atoms with Gasteiger partial charge in [-0.2, -0.15) is 0 Å². The SMILES string of the molecule is Cc1cc(-c2ccccc2)c(C)cc1-c1ccccc1.Cc1cc(C(C)(C)C)c(C)cc1C(C)(C)C.Cc1ccc(-c2ccc(C)cc2)cc1.Cc1ccc2c(c1)C(C)(C)c1cc(C)ccc1-2.Cc1ccc2c(c1)C1(c3ccccc3-c3ccccc31)c1cc(C)ccc1-2. The van der Waals surface area contributed by atoms with Crippen molar-refractivity contribution < 1.29 is 0 Å². The molecule has 0 aromatic heterocycles. The molecule has 472 valence electrons. The summed E-state index contributed by atoms with van der Waals surface area (Å²) in [4.78, 5) is 0. The van der Waals surface area contributed by atoms with Gasteiger partial charge in [0.1, 0.15) is 0 Å². The monoisotopic (exact) mass is 1220 g/mol. The first-order chi connectivity index (χ1) is 44.7. The summed E-state index contributed by atoms with van der Waals surface area (Å²) in [5.41, 5.74) is 41.5. The van der Waals surface area contributed by atoms with Crippen molar-refractivity contribution in [1.82, 2.24) is 0 Å². The molecule has 0 saturated carbocycles. The molecule has 0 saturated heterocycles. The Labute approximate surface area is 564 Å². The van der Waals surface area contributed by atoms with E-state index in [0.717, 1.165) is 0 Å². The lowest BCUT2D eigenvalue weighted by Gasteiger charge is -2.30. The van der Waals surface area contributed by atoms with Gasteiger partial charge in [0.05, 0.1) is 5.41 Å². The first-order valence-electron chi connectivity index (χ1n) is 33.9. The van der Waals surface area contributed by atoms with Crippen LogP contribution < -0.4 is 0 Å². The number of benzene rings is 12. The Bertz CT molecular complexity index is 4400. The van der Waals surface area contributed by atoms with E-state index in [0.29, 0.717) is 0 Å². The van der Waals surface area contributed by atoms with Crippen molar-refractivity contribution >= 4 is 0 Å². The summed E-state index contributed by atoms with van der Waals surface area (Å²) < 4.78 is 0. The topological polar surface area (TPSA) is 0 Å². The van der Waals surface area contributed by atoms with Gasteiger partial charge < -0.3 is 0 Å². The molecule has 0 bridgehead atoms. The quantitative estimate of drug-likeness (QED) is 0.165. The molecule has 0 amide bonds. The van der Waals surface area contributed by atoms with Crippen molar-refractivity contribution in [2.24, 2.45) is 0 Å². The Balaban J connectivity index is 0.000000123. The van der Waals surface area contributed by atoms with Gasteiger partial charge in [0.2, 0.25) is 0 Å². The fourth-order valence-electron chi connectivity index (χ4n) is 14.9. The highest BCUT2D eigenvalue weighted by atomic mass is 14.5. The van der Waals surface area contributed by atoms with Gasteiger partial charge in [0.25, 0.3) is 0 Å². The third kappa shape index (κ3) is 13.2. The zero-order chi connectivity index (χ0) is 67.0. The minimum Gasteiger partial charge on any atom is -0.0622 e. The van der Waals surface area contributed by atoms with Crippen LogP contribution in [0.5, 0.6) is 0 Å². The largest absolute Gasteiger partial charge is 0.0725 e. The molecule has 12 aromatic rings. The standard InChI is InChI=1S/C27H20.C20H18.C17H18.C16H26.C14H14/c1-17-11-13-21-22-14-12-18(2)16-26(22)27(25(21)15-17)23-9-5-3-7-19(23)20-8-4-6-10-24(20)27;1-15-13-20(18-11-7-4-8-12-18)16(2)14-19(15)17-9-5-3-6-10-17;1-11-5-7-13-14-8-6-12(2)10-16(14)17(3,4)15(13)9-11;1-11-9-14(16(6,7)8)12(2)10-13(11)15(3,4)5;1-11-3-7-13(8-4-11)14-9-5-12(2)6-10-14/h3-16H,1-2H3;3-14H,1-2H3;5-10H,1-4H3;9-10H,1-8H3;3-10H,1-2H3. The maximum atomic E-state index is 2.41. The van der Waals surface area contributed by atoms with Gasteiger partial charge >= 0.3 is 0 Å². The van der Waals surface area contributed by atoms with E-state index in [1.54, 1.807) is 0 Å². The zero-order valence-electron chi connectivity index (χ0n) is 59.2. The third-order valence-corrected chi connectivity index (χ3v) is 19.8. The highest BCUT2D eigenvalue weighted by Gasteiger charge is 2.51. The smallest absolute Gasteiger partial charge is 0.0622 e. The summed E-state index contributed by atoms with van der Waals surface area (Å²) in [5, 5.41) is 0. The molecule has 12 aromatic carbocycles. The van der Waals surface area contributed by atoms with Crippen LogP contribution in [0.25, 0.3) is 66.8 Å². The highest BCUT2D eigenvalue weighted by Crippen LogP contribution is 2.63. The summed E-state index contributed by atoms with van der Waals surface area (Å²) >= 11 is 0. The number of fused-ring (bicyclic) bond motifs is 13. The van der Waals surface area contributed by atoms with Gasteiger partial charge in [-0.15, -0.1) is 0 Å². The average molecular weight is 1230 g/mol. The van der Waals surface area contributed by atoms with E-state index < -0.39 is 0 Å². The maximum absolute atomic E-state index is 2.41. The van der Waals surface area contributed by atoms with E-state index >= 15 is 0 Å². The van der Waals surface area contributed by atoms with E-state index in [9.17, 15) is 0 Å². The fraction of sp³-hybridized carbons (Fsp3) is 0.234. The first-order valence-corrected chi connectivity index (χ1v) is 33.9. The van der Waals surface area contributed by atoms with E-state index in [1.165, 1.54) is 167 Å². The molecule has 0 radical (unpaired) electrons. The second kappa shape index (κ2) is 26.6. The molecule has 0 fully saturated rings. The van der Waals surface area contributed by atoms with Crippen molar-refractivity contribution in [3.63, 3.8) is 0 Å². The second-order valence-corrected chi connectivity index (χ2v) is 29.6. The molecule has 0 unspecified atom stereocenters. The van der Waals surface area contributed by atoms with Crippen LogP contribution in [0.1, 0.15) is 156 Å². The van der Waals surface area contributed by atoms with Gasteiger partial charge in [-0.3, -0.25) is 0 Å². The average Bonchev–Trinajstić information content (AvgIpc) is 1.51. The van der Waals surface area contributed by atoms with Crippen LogP contribution in [-0.2, 0) is 21.7 Å². The van der Waals surface area contributed by atoms with Crippen molar-refractivity contribution in [3.05, 3.63) is 355 Å². The Morgan fingerprint density at radius 2 is 0.489 bits per heavy atom. The van der Waals surface area contributed by atoms with Crippen LogP contribution in [0.3, 0.4) is 0 Å². The summed E-state index contributed by atoms with van der Waals surface area (Å²) in [5.74, 6) is 0. The fourth-order valence-corrected chi connectivity index (χ4v) is 14.9. The first kappa shape index (κ1) is 66.1. The second-order valence-electron chi connectivity index (χ2n) is 29.6. The van der Waals surface area contributed by atoms with Crippen LogP contribution in [0.15, 0.2) is 255 Å². The Kier molecular flexibility index (Phi) is 18.7. The molecule has 0 heterocycles. The summed E-state index contributed by atoms with van der Waals surface area (Å²) in [6.07, 6.45) is 0. The predicted molar refractivity (Wildman–Crippen MR) is 407 cm³/mol. The normalized spacial score (nSPS) is 13.0. The van der Waals surface area contributed by atoms with Crippen molar-refractivity contribution in [2.75, 3.05) is 0 Å². The third-order valence-electron chi connectivity index (χ3n) is 19.8. The molecular formula is C94H96. The molecule has 0 nitrogen and oxygen atoms in total. The van der Waals surface area contributed by atoms with Gasteiger partial charge in [0, 0.05) is 5.41 Å². The highest BCUT2D eigenvalue weighted by molar-refractivity contribution is 5.95. The van der Waals surface area contributed by atoms with E-state index in [1.807, 2.05) is 0 Å². The van der Waals surface area contributed by atoms with Crippen LogP contribution >= 0.6 is 0 Å². The summed E-state index contributed by atoms with van der Waals surface area (Å²) in [6.45, 7) is 40.2. The van der Waals surface area contributed by atoms with E-state index in [-0.39, 0.29) is 21.7 Å². The predicted octanol–water partition coefficient (Wildman–Crippen LogP) is 25.8. The lowest BCUT2D eigenvalue weighted by atomic mass is 9.70. The number of hydrogen-bond donors (Lipinski definition) is 0. The molecule has 0 heteroatoms. The van der Waals surface area contributed by atoms with Gasteiger partial charge in [-0.1, -0.05) is 344 Å². The van der Waals surface area contributed by atoms with E-state index in [4.69, 9.17) is 0 Å².